The van der Waals surface area contributed by atoms with E-state index in [2.05, 4.69) is 26.9 Å². The minimum atomic E-state index is 0.722. The van der Waals surface area contributed by atoms with Gasteiger partial charge in [0, 0.05) is 17.6 Å². The van der Waals surface area contributed by atoms with Crippen molar-refractivity contribution in [3.8, 4) is 6.07 Å². The predicted octanol–water partition coefficient (Wildman–Crippen LogP) is 2.16. The first kappa shape index (κ1) is 10.5. The zero-order valence-electron chi connectivity index (χ0n) is 8.24. The second-order valence-electron chi connectivity index (χ2n) is 3.37. The minimum absolute atomic E-state index is 0.722. The summed E-state index contributed by atoms with van der Waals surface area (Å²) in [6.07, 6.45) is 0. The third-order valence-corrected chi connectivity index (χ3v) is 2.93. The third-order valence-electron chi connectivity index (χ3n) is 2.43. The molecule has 0 spiro atoms. The molecule has 1 aliphatic heterocycles. The number of hydrogen-bond donors (Lipinski definition) is 0. The summed E-state index contributed by atoms with van der Waals surface area (Å²) in [5.74, 6) is 0. The number of benzene rings is 1. The molecular weight excluding hydrogens is 256 g/mol. The largest absolute Gasteiger partial charge is 0.378 e. The van der Waals surface area contributed by atoms with Crippen LogP contribution in [0.15, 0.2) is 22.7 Å². The molecule has 0 N–H and O–H groups in total. The fraction of sp³-hybridized carbons (Fsp3) is 0.364. The van der Waals surface area contributed by atoms with Crippen LogP contribution >= 0.6 is 15.9 Å². The highest BCUT2D eigenvalue weighted by atomic mass is 79.9. The molecule has 78 valence electrons. The van der Waals surface area contributed by atoms with E-state index in [4.69, 9.17) is 10.00 Å². The Morgan fingerprint density at radius 1 is 1.33 bits per heavy atom. The molecule has 0 saturated carbocycles. The van der Waals surface area contributed by atoms with Crippen LogP contribution in [0, 0.1) is 11.3 Å². The maximum absolute atomic E-state index is 9.02. The molecule has 15 heavy (non-hydrogen) atoms. The predicted molar refractivity (Wildman–Crippen MR) is 61.9 cm³/mol. The molecular formula is C11H11BrN2O. The van der Waals surface area contributed by atoms with Crippen molar-refractivity contribution in [1.29, 1.82) is 5.26 Å². The van der Waals surface area contributed by atoms with E-state index in [1.165, 1.54) is 0 Å². The van der Waals surface area contributed by atoms with Crippen molar-refractivity contribution in [2.75, 3.05) is 31.2 Å². The standard InChI is InChI=1S/C11H11BrN2O/c12-10-2-1-9(8-13)11(7-10)14-3-5-15-6-4-14/h1-2,7H,3-6H2. The molecule has 1 heterocycles. The molecule has 2 rings (SSSR count). The highest BCUT2D eigenvalue weighted by molar-refractivity contribution is 9.10. The van der Waals surface area contributed by atoms with Gasteiger partial charge in [0.15, 0.2) is 0 Å². The molecule has 0 aliphatic carbocycles. The van der Waals surface area contributed by atoms with Crippen LogP contribution in [0.25, 0.3) is 0 Å². The van der Waals surface area contributed by atoms with Gasteiger partial charge >= 0.3 is 0 Å². The molecule has 3 nitrogen and oxygen atoms in total. The van der Waals surface area contributed by atoms with Crippen molar-refractivity contribution >= 4 is 21.6 Å². The molecule has 0 aromatic heterocycles. The second kappa shape index (κ2) is 4.65. The lowest BCUT2D eigenvalue weighted by atomic mass is 10.1. The SMILES string of the molecule is N#Cc1ccc(Br)cc1N1CCOCC1. The van der Waals surface area contributed by atoms with Gasteiger partial charge in [0.1, 0.15) is 6.07 Å². The van der Waals surface area contributed by atoms with E-state index in [1.54, 1.807) is 0 Å². The molecule has 0 amide bonds. The van der Waals surface area contributed by atoms with E-state index in [9.17, 15) is 0 Å². The first-order valence-electron chi connectivity index (χ1n) is 4.83. The molecule has 4 heteroatoms. The van der Waals surface area contributed by atoms with E-state index < -0.39 is 0 Å². The number of nitrogens with zero attached hydrogens (tertiary/aromatic N) is 2. The Morgan fingerprint density at radius 3 is 2.73 bits per heavy atom. The van der Waals surface area contributed by atoms with E-state index >= 15 is 0 Å². The molecule has 1 saturated heterocycles. The summed E-state index contributed by atoms with van der Waals surface area (Å²) in [6, 6.07) is 7.94. The van der Waals surface area contributed by atoms with Crippen LogP contribution in [0.1, 0.15) is 5.56 Å². The number of rotatable bonds is 1. The van der Waals surface area contributed by atoms with Gasteiger partial charge in [0.25, 0.3) is 0 Å². The number of anilines is 1. The van der Waals surface area contributed by atoms with Crippen LogP contribution < -0.4 is 4.90 Å². The third kappa shape index (κ3) is 2.31. The number of nitriles is 1. The minimum Gasteiger partial charge on any atom is -0.378 e. The maximum atomic E-state index is 9.02. The highest BCUT2D eigenvalue weighted by Crippen LogP contribution is 2.25. The van der Waals surface area contributed by atoms with Gasteiger partial charge in [-0.1, -0.05) is 15.9 Å². The summed E-state index contributed by atoms with van der Waals surface area (Å²) in [7, 11) is 0. The first-order chi connectivity index (χ1) is 7.31. The lowest BCUT2D eigenvalue weighted by Gasteiger charge is -2.29. The zero-order valence-corrected chi connectivity index (χ0v) is 9.83. The molecule has 1 fully saturated rings. The summed E-state index contributed by atoms with van der Waals surface area (Å²) < 4.78 is 6.29. The summed E-state index contributed by atoms with van der Waals surface area (Å²) in [6.45, 7) is 3.17. The van der Waals surface area contributed by atoms with Gasteiger partial charge in [-0.25, -0.2) is 0 Å². The molecule has 1 aromatic carbocycles. The van der Waals surface area contributed by atoms with Gasteiger partial charge in [-0.15, -0.1) is 0 Å². The van der Waals surface area contributed by atoms with Crippen molar-refractivity contribution in [2.45, 2.75) is 0 Å². The lowest BCUT2D eigenvalue weighted by Crippen LogP contribution is -2.36. The Kier molecular flexibility index (Phi) is 3.24. The fourth-order valence-electron chi connectivity index (χ4n) is 1.67. The number of ether oxygens (including phenoxy) is 1. The van der Waals surface area contributed by atoms with Crippen molar-refractivity contribution in [3.05, 3.63) is 28.2 Å². The Bertz CT molecular complexity index is 394. The monoisotopic (exact) mass is 266 g/mol. The van der Waals surface area contributed by atoms with Crippen LogP contribution in [0.2, 0.25) is 0 Å². The van der Waals surface area contributed by atoms with E-state index in [-0.39, 0.29) is 0 Å². The van der Waals surface area contributed by atoms with Gasteiger partial charge in [0.05, 0.1) is 24.5 Å². The highest BCUT2D eigenvalue weighted by Gasteiger charge is 2.14. The fourth-order valence-corrected chi connectivity index (χ4v) is 2.01. The molecule has 0 unspecified atom stereocenters. The van der Waals surface area contributed by atoms with Crippen molar-refractivity contribution in [3.63, 3.8) is 0 Å². The summed E-state index contributed by atoms with van der Waals surface area (Å²) in [5.41, 5.74) is 1.72. The maximum Gasteiger partial charge on any atom is 0.101 e. The Labute approximate surface area is 97.4 Å². The van der Waals surface area contributed by atoms with Gasteiger partial charge in [-0.2, -0.15) is 5.26 Å². The molecule has 0 bridgehead atoms. The van der Waals surface area contributed by atoms with E-state index in [1.807, 2.05) is 18.2 Å². The number of hydrogen-bond acceptors (Lipinski definition) is 3. The lowest BCUT2D eigenvalue weighted by molar-refractivity contribution is 0.122. The Hall–Kier alpha value is -1.05. The molecule has 0 atom stereocenters. The average molecular weight is 267 g/mol. The van der Waals surface area contributed by atoms with Gasteiger partial charge in [-0.05, 0) is 18.2 Å². The normalized spacial score (nSPS) is 16.1. The summed E-state index contributed by atoms with van der Waals surface area (Å²) >= 11 is 3.42. The second-order valence-corrected chi connectivity index (χ2v) is 4.29. The van der Waals surface area contributed by atoms with Crippen molar-refractivity contribution in [1.82, 2.24) is 0 Å². The van der Waals surface area contributed by atoms with E-state index in [0.717, 1.165) is 42.0 Å². The zero-order chi connectivity index (χ0) is 10.7. The molecule has 1 aliphatic rings. The Morgan fingerprint density at radius 2 is 2.07 bits per heavy atom. The summed E-state index contributed by atoms with van der Waals surface area (Å²) in [4.78, 5) is 2.19. The quantitative estimate of drug-likeness (QED) is 0.782. The van der Waals surface area contributed by atoms with Crippen LogP contribution in [0.4, 0.5) is 5.69 Å². The van der Waals surface area contributed by atoms with Gasteiger partial charge in [0.2, 0.25) is 0 Å². The van der Waals surface area contributed by atoms with E-state index in [0.29, 0.717) is 0 Å². The van der Waals surface area contributed by atoms with Crippen LogP contribution in [-0.2, 0) is 4.74 Å². The van der Waals surface area contributed by atoms with Gasteiger partial charge < -0.3 is 9.64 Å². The van der Waals surface area contributed by atoms with Crippen molar-refractivity contribution in [2.24, 2.45) is 0 Å². The number of morpholine rings is 1. The van der Waals surface area contributed by atoms with Crippen LogP contribution in [0.5, 0.6) is 0 Å². The van der Waals surface area contributed by atoms with Gasteiger partial charge in [-0.3, -0.25) is 0 Å². The average Bonchev–Trinajstić information content (AvgIpc) is 2.30. The smallest absolute Gasteiger partial charge is 0.101 e. The summed E-state index contributed by atoms with van der Waals surface area (Å²) in [5, 5.41) is 9.02. The van der Waals surface area contributed by atoms with Crippen LogP contribution in [-0.4, -0.2) is 26.3 Å². The number of halogens is 1. The Balaban J connectivity index is 2.32. The van der Waals surface area contributed by atoms with Crippen LogP contribution in [0.3, 0.4) is 0 Å². The molecule has 0 radical (unpaired) electrons. The molecule has 1 aromatic rings. The topological polar surface area (TPSA) is 36.3 Å². The van der Waals surface area contributed by atoms with Crippen molar-refractivity contribution < 1.29 is 4.74 Å². The first-order valence-corrected chi connectivity index (χ1v) is 5.63.